The number of aliphatic hydroxyl groups is 1. The number of nitrogens with zero attached hydrogens (tertiary/aromatic N) is 2. The Bertz CT molecular complexity index is 1720. The van der Waals surface area contributed by atoms with Gasteiger partial charge in [-0.1, -0.05) is 35.9 Å². The van der Waals surface area contributed by atoms with Crippen LogP contribution in [0.4, 0.5) is 0 Å². The Balaban J connectivity index is 1.50. The molecule has 0 saturated carbocycles. The van der Waals surface area contributed by atoms with Crippen LogP contribution in [-0.2, 0) is 11.3 Å². The maximum atomic E-state index is 13.9. The molecule has 0 spiro atoms. The normalized spacial score (nSPS) is 15.8. The second kappa shape index (κ2) is 8.83. The molecule has 3 aromatic heterocycles. The summed E-state index contributed by atoms with van der Waals surface area (Å²) in [4.78, 5) is 36.1. The summed E-state index contributed by atoms with van der Waals surface area (Å²) in [5, 5.41) is 12.9. The number of aromatic amines is 1. The van der Waals surface area contributed by atoms with Crippen LogP contribution in [-0.4, -0.2) is 38.8 Å². The van der Waals surface area contributed by atoms with Gasteiger partial charge < -0.3 is 24.1 Å². The third-order valence-electron chi connectivity index (χ3n) is 6.53. The fourth-order valence-electron chi connectivity index (χ4n) is 4.86. The molecule has 8 nitrogen and oxygen atoms in total. The first-order chi connectivity index (χ1) is 18.0. The van der Waals surface area contributed by atoms with Gasteiger partial charge in [0, 0.05) is 58.1 Å². The lowest BCUT2D eigenvalue weighted by molar-refractivity contribution is -0.130. The Morgan fingerprint density at radius 1 is 1.22 bits per heavy atom. The topological polar surface area (TPSA) is 109 Å². The number of amides is 1. The van der Waals surface area contributed by atoms with Gasteiger partial charge in [0.15, 0.2) is 22.9 Å². The van der Waals surface area contributed by atoms with Crippen molar-refractivity contribution in [3.05, 3.63) is 106 Å². The third-order valence-corrected chi connectivity index (χ3v) is 6.75. The summed E-state index contributed by atoms with van der Waals surface area (Å²) < 4.78 is 11.2. The van der Waals surface area contributed by atoms with Crippen LogP contribution in [0.1, 0.15) is 27.7 Å². The van der Waals surface area contributed by atoms with E-state index in [0.29, 0.717) is 27.3 Å². The quantitative estimate of drug-likeness (QED) is 0.280. The predicted octanol–water partition coefficient (Wildman–Crippen LogP) is 5.75. The average Bonchev–Trinajstić information content (AvgIpc) is 3.59. The van der Waals surface area contributed by atoms with E-state index in [2.05, 4.69) is 9.97 Å². The molecule has 4 heterocycles. The molecule has 1 unspecified atom stereocenters. The number of halogens is 1. The SMILES string of the molecule is COc1cc(Cl)cc2cc(C(=O)C3=C(O)C(=O)N(Cc4cccnc4)C3c3c[nH]c4ccccc34)oc12. The molecule has 1 aliphatic heterocycles. The van der Waals surface area contributed by atoms with Gasteiger partial charge in [-0.2, -0.15) is 0 Å². The highest BCUT2D eigenvalue weighted by atomic mass is 35.5. The lowest BCUT2D eigenvalue weighted by Gasteiger charge is -2.26. The van der Waals surface area contributed by atoms with Crippen molar-refractivity contribution in [2.24, 2.45) is 0 Å². The molecule has 0 radical (unpaired) electrons. The standard InChI is InChI=1S/C28H20ClN3O5/c1-36-22-11-17(29)9-16-10-21(37-27(16)22)25(33)23-24(19-13-31-20-7-3-2-6-18(19)20)32(28(35)26(23)34)14-15-5-4-8-30-12-15/h2-13,24,31,34H,14H2,1H3. The van der Waals surface area contributed by atoms with E-state index in [0.717, 1.165) is 16.5 Å². The number of Topliss-reactive ketones (excluding diaryl/α,β-unsaturated/α-hetero) is 1. The molecule has 0 bridgehead atoms. The molecule has 0 aliphatic carbocycles. The van der Waals surface area contributed by atoms with E-state index < -0.39 is 23.5 Å². The molecule has 37 heavy (non-hydrogen) atoms. The van der Waals surface area contributed by atoms with Crippen molar-refractivity contribution in [3.63, 3.8) is 0 Å². The lowest BCUT2D eigenvalue weighted by Crippen LogP contribution is -2.30. The molecular weight excluding hydrogens is 494 g/mol. The second-order valence-electron chi connectivity index (χ2n) is 8.71. The van der Waals surface area contributed by atoms with Crippen LogP contribution in [0, 0.1) is 0 Å². The number of methoxy groups -OCH3 is 1. The molecule has 184 valence electrons. The smallest absolute Gasteiger partial charge is 0.290 e. The van der Waals surface area contributed by atoms with E-state index in [9.17, 15) is 14.7 Å². The fourth-order valence-corrected chi connectivity index (χ4v) is 5.08. The van der Waals surface area contributed by atoms with Crippen molar-refractivity contribution >= 4 is 45.2 Å². The number of ether oxygens (including phenoxy) is 1. The highest BCUT2D eigenvalue weighted by molar-refractivity contribution is 6.31. The number of aromatic nitrogens is 2. The molecule has 2 N–H and O–H groups in total. The van der Waals surface area contributed by atoms with Gasteiger partial charge in [-0.25, -0.2) is 0 Å². The van der Waals surface area contributed by atoms with Crippen molar-refractivity contribution < 1.29 is 23.8 Å². The number of ketones is 1. The maximum Gasteiger partial charge on any atom is 0.290 e. The molecule has 0 fully saturated rings. The number of furan rings is 1. The Labute approximate surface area is 215 Å². The highest BCUT2D eigenvalue weighted by Gasteiger charge is 2.45. The monoisotopic (exact) mass is 513 g/mol. The number of carbonyl (C=O) groups excluding carboxylic acids is 2. The summed E-state index contributed by atoms with van der Waals surface area (Å²) >= 11 is 6.19. The largest absolute Gasteiger partial charge is 0.503 e. The van der Waals surface area contributed by atoms with E-state index in [1.807, 2.05) is 30.3 Å². The van der Waals surface area contributed by atoms with Crippen molar-refractivity contribution in [3.8, 4) is 5.75 Å². The number of H-pyrrole nitrogens is 1. The molecule has 9 heteroatoms. The number of nitrogens with one attached hydrogen (secondary N) is 1. The molecule has 0 saturated heterocycles. The molecular formula is C28H20ClN3O5. The molecule has 6 rings (SSSR count). The summed E-state index contributed by atoms with van der Waals surface area (Å²) in [7, 11) is 1.47. The van der Waals surface area contributed by atoms with Gasteiger partial charge in [-0.3, -0.25) is 14.6 Å². The first kappa shape index (κ1) is 22.9. The maximum absolute atomic E-state index is 13.9. The number of carbonyl (C=O) groups is 2. The predicted molar refractivity (Wildman–Crippen MR) is 138 cm³/mol. The van der Waals surface area contributed by atoms with Gasteiger partial charge in [0.1, 0.15) is 0 Å². The van der Waals surface area contributed by atoms with Crippen LogP contribution in [0.2, 0.25) is 5.02 Å². The van der Waals surface area contributed by atoms with Crippen LogP contribution in [0.3, 0.4) is 0 Å². The molecule has 2 aromatic carbocycles. The van der Waals surface area contributed by atoms with Gasteiger partial charge in [0.25, 0.3) is 5.91 Å². The van der Waals surface area contributed by atoms with Gasteiger partial charge in [-0.05, 0) is 29.8 Å². The second-order valence-corrected chi connectivity index (χ2v) is 9.15. The Hall–Kier alpha value is -4.56. The fraction of sp³-hybridized carbons (Fsp3) is 0.107. The summed E-state index contributed by atoms with van der Waals surface area (Å²) in [6.45, 7) is 0.140. The van der Waals surface area contributed by atoms with Crippen molar-refractivity contribution in [2.75, 3.05) is 7.11 Å². The summed E-state index contributed by atoms with van der Waals surface area (Å²) in [6.07, 6.45) is 5.04. The lowest BCUT2D eigenvalue weighted by atomic mass is 9.94. The minimum absolute atomic E-state index is 0.0435. The number of para-hydroxylation sites is 1. The summed E-state index contributed by atoms with van der Waals surface area (Å²) in [5.74, 6) is -1.55. The van der Waals surface area contributed by atoms with E-state index in [4.69, 9.17) is 20.8 Å². The minimum Gasteiger partial charge on any atom is -0.503 e. The first-order valence-electron chi connectivity index (χ1n) is 11.5. The zero-order valence-electron chi connectivity index (χ0n) is 19.6. The number of hydrogen-bond acceptors (Lipinski definition) is 6. The van der Waals surface area contributed by atoms with Gasteiger partial charge in [-0.15, -0.1) is 0 Å². The van der Waals surface area contributed by atoms with E-state index in [1.165, 1.54) is 18.1 Å². The van der Waals surface area contributed by atoms with Crippen molar-refractivity contribution in [1.29, 1.82) is 0 Å². The molecule has 1 amide bonds. The molecule has 1 atom stereocenters. The number of pyridine rings is 1. The number of benzene rings is 2. The van der Waals surface area contributed by atoms with Crippen LogP contribution in [0.5, 0.6) is 5.75 Å². The van der Waals surface area contributed by atoms with Crippen LogP contribution >= 0.6 is 11.6 Å². The molecule has 5 aromatic rings. The van der Waals surface area contributed by atoms with Crippen LogP contribution in [0.15, 0.2) is 88.9 Å². The van der Waals surface area contributed by atoms with Crippen LogP contribution in [0.25, 0.3) is 21.9 Å². The zero-order chi connectivity index (χ0) is 25.7. The van der Waals surface area contributed by atoms with Gasteiger partial charge in [0.05, 0.1) is 18.7 Å². The van der Waals surface area contributed by atoms with E-state index >= 15 is 0 Å². The third kappa shape index (κ3) is 3.73. The number of fused-ring (bicyclic) bond motifs is 2. The number of hydrogen-bond donors (Lipinski definition) is 2. The Kier molecular flexibility index (Phi) is 5.46. The number of aliphatic hydroxyl groups excluding tert-OH is 1. The van der Waals surface area contributed by atoms with Crippen LogP contribution < -0.4 is 4.74 Å². The molecule has 1 aliphatic rings. The average molecular weight is 514 g/mol. The van der Waals surface area contributed by atoms with Crippen molar-refractivity contribution in [1.82, 2.24) is 14.9 Å². The first-order valence-corrected chi connectivity index (χ1v) is 11.8. The summed E-state index contributed by atoms with van der Waals surface area (Å²) in [5.41, 5.74) is 2.55. The number of rotatable bonds is 6. The van der Waals surface area contributed by atoms with Gasteiger partial charge in [0.2, 0.25) is 5.78 Å². The Morgan fingerprint density at radius 3 is 2.84 bits per heavy atom. The van der Waals surface area contributed by atoms with Crippen molar-refractivity contribution in [2.45, 2.75) is 12.6 Å². The van der Waals surface area contributed by atoms with Gasteiger partial charge >= 0.3 is 0 Å². The zero-order valence-corrected chi connectivity index (χ0v) is 20.3. The van der Waals surface area contributed by atoms with E-state index in [-0.39, 0.29) is 17.9 Å². The summed E-state index contributed by atoms with van der Waals surface area (Å²) in [6, 6.07) is 15.1. The minimum atomic E-state index is -0.866. The highest BCUT2D eigenvalue weighted by Crippen LogP contribution is 2.43. The Morgan fingerprint density at radius 2 is 2.05 bits per heavy atom. The van der Waals surface area contributed by atoms with E-state index in [1.54, 1.807) is 36.8 Å².